The summed E-state index contributed by atoms with van der Waals surface area (Å²) in [7, 11) is 0. The number of hydrogen-bond acceptors (Lipinski definition) is 3. The first kappa shape index (κ1) is 13.3. The number of halogens is 2. The third-order valence-corrected chi connectivity index (χ3v) is 2.85. The Bertz CT molecular complexity index is 360. The van der Waals surface area contributed by atoms with Gasteiger partial charge in [-0.1, -0.05) is 13.3 Å². The highest BCUT2D eigenvalue weighted by atomic mass is 79.9. The summed E-state index contributed by atoms with van der Waals surface area (Å²) in [5.74, 6) is -0.392. The van der Waals surface area contributed by atoms with E-state index < -0.39 is 11.9 Å². The van der Waals surface area contributed by atoms with Gasteiger partial charge >= 0.3 is 0 Å². The van der Waals surface area contributed by atoms with Crippen LogP contribution in [0, 0.1) is 5.82 Å². The Morgan fingerprint density at radius 2 is 2.25 bits per heavy atom. The summed E-state index contributed by atoms with van der Waals surface area (Å²) in [6.45, 7) is 2.42. The Labute approximate surface area is 103 Å². The first-order chi connectivity index (χ1) is 7.54. The largest absolute Gasteiger partial charge is 0.397 e. The smallest absolute Gasteiger partial charge is 0.139 e. The third-order valence-electron chi connectivity index (χ3n) is 2.24. The van der Waals surface area contributed by atoms with Gasteiger partial charge < -0.3 is 16.2 Å². The molecule has 90 valence electrons. The number of nitrogens with one attached hydrogen (secondary N) is 1. The Kier molecular flexibility index (Phi) is 5.02. The van der Waals surface area contributed by atoms with Gasteiger partial charge in [-0.15, -0.1) is 0 Å². The van der Waals surface area contributed by atoms with Crippen LogP contribution in [0.2, 0.25) is 0 Å². The van der Waals surface area contributed by atoms with Crippen molar-refractivity contribution in [1.82, 2.24) is 0 Å². The van der Waals surface area contributed by atoms with Gasteiger partial charge in [0.1, 0.15) is 5.82 Å². The first-order valence-corrected chi connectivity index (χ1v) is 6.00. The molecule has 0 saturated heterocycles. The Hall–Kier alpha value is -0.810. The normalized spacial score (nSPS) is 12.5. The fraction of sp³-hybridized carbons (Fsp3) is 0.455. The van der Waals surface area contributed by atoms with Crippen LogP contribution in [0.15, 0.2) is 16.6 Å². The Morgan fingerprint density at radius 1 is 1.56 bits per heavy atom. The molecule has 0 amide bonds. The number of anilines is 2. The summed E-state index contributed by atoms with van der Waals surface area (Å²) in [5, 5.41) is 12.5. The van der Waals surface area contributed by atoms with E-state index >= 15 is 0 Å². The molecule has 1 aromatic rings. The maximum atomic E-state index is 13.1. The molecule has 0 saturated carbocycles. The summed E-state index contributed by atoms with van der Waals surface area (Å²) in [4.78, 5) is 0. The van der Waals surface area contributed by atoms with Crippen molar-refractivity contribution in [2.45, 2.75) is 25.9 Å². The molecule has 0 fully saturated rings. The Balaban J connectivity index is 2.63. The van der Waals surface area contributed by atoms with Crippen LogP contribution in [-0.2, 0) is 0 Å². The molecule has 0 heterocycles. The van der Waals surface area contributed by atoms with Crippen molar-refractivity contribution >= 4 is 27.3 Å². The minimum Gasteiger partial charge on any atom is -0.397 e. The predicted octanol–water partition coefficient (Wildman–Crippen LogP) is 2.74. The summed E-state index contributed by atoms with van der Waals surface area (Å²) in [6, 6.07) is 2.82. The molecule has 1 unspecified atom stereocenters. The molecule has 0 aliphatic heterocycles. The monoisotopic (exact) mass is 290 g/mol. The van der Waals surface area contributed by atoms with E-state index in [1.165, 1.54) is 6.07 Å². The second-order valence-electron chi connectivity index (χ2n) is 3.68. The molecule has 0 aliphatic carbocycles. The lowest BCUT2D eigenvalue weighted by molar-refractivity contribution is 0.176. The van der Waals surface area contributed by atoms with E-state index in [0.717, 1.165) is 12.8 Å². The third kappa shape index (κ3) is 3.64. The minimum atomic E-state index is -0.409. The predicted molar refractivity (Wildman–Crippen MR) is 67.9 cm³/mol. The highest BCUT2D eigenvalue weighted by Gasteiger charge is 2.07. The zero-order valence-electron chi connectivity index (χ0n) is 9.13. The highest BCUT2D eigenvalue weighted by Crippen LogP contribution is 2.26. The van der Waals surface area contributed by atoms with Crippen molar-refractivity contribution < 1.29 is 9.50 Å². The van der Waals surface area contributed by atoms with Gasteiger partial charge in [-0.25, -0.2) is 4.39 Å². The van der Waals surface area contributed by atoms with E-state index in [1.807, 2.05) is 6.92 Å². The van der Waals surface area contributed by atoms with Gasteiger partial charge in [0, 0.05) is 12.6 Å². The minimum absolute atomic E-state index is 0.337. The number of aliphatic hydroxyl groups excluding tert-OH is 1. The summed E-state index contributed by atoms with van der Waals surface area (Å²) in [5.41, 5.74) is 6.61. The molecule has 0 spiro atoms. The summed E-state index contributed by atoms with van der Waals surface area (Å²) < 4.78 is 13.4. The van der Waals surface area contributed by atoms with Crippen LogP contribution < -0.4 is 11.1 Å². The van der Waals surface area contributed by atoms with Crippen molar-refractivity contribution in [2.24, 2.45) is 0 Å². The zero-order valence-corrected chi connectivity index (χ0v) is 10.7. The molecule has 4 N–H and O–H groups in total. The number of nitrogen functional groups attached to an aromatic ring is 1. The molecule has 0 aliphatic rings. The van der Waals surface area contributed by atoms with Gasteiger partial charge in [-0.2, -0.15) is 0 Å². The maximum absolute atomic E-state index is 13.1. The second kappa shape index (κ2) is 6.06. The van der Waals surface area contributed by atoms with E-state index in [9.17, 15) is 9.50 Å². The van der Waals surface area contributed by atoms with Gasteiger partial charge in [-0.05, 0) is 28.4 Å². The molecule has 1 atom stereocenters. The number of hydrogen-bond donors (Lipinski definition) is 3. The van der Waals surface area contributed by atoms with E-state index in [4.69, 9.17) is 5.73 Å². The fourth-order valence-corrected chi connectivity index (χ4v) is 1.72. The second-order valence-corrected chi connectivity index (χ2v) is 4.53. The molecule has 16 heavy (non-hydrogen) atoms. The van der Waals surface area contributed by atoms with Crippen molar-refractivity contribution in [1.29, 1.82) is 0 Å². The van der Waals surface area contributed by atoms with Crippen LogP contribution in [0.5, 0.6) is 0 Å². The number of benzene rings is 1. The topological polar surface area (TPSA) is 58.3 Å². The van der Waals surface area contributed by atoms with E-state index in [1.54, 1.807) is 6.07 Å². The molecule has 1 rings (SSSR count). The summed E-state index contributed by atoms with van der Waals surface area (Å²) >= 11 is 3.08. The lowest BCUT2D eigenvalue weighted by Gasteiger charge is -2.14. The fourth-order valence-electron chi connectivity index (χ4n) is 1.38. The van der Waals surface area contributed by atoms with Crippen molar-refractivity contribution in [3.8, 4) is 0 Å². The zero-order chi connectivity index (χ0) is 12.1. The first-order valence-electron chi connectivity index (χ1n) is 5.21. The van der Waals surface area contributed by atoms with Gasteiger partial charge in [-0.3, -0.25) is 0 Å². The molecule has 0 bridgehead atoms. The van der Waals surface area contributed by atoms with Crippen LogP contribution in [0.25, 0.3) is 0 Å². The lowest BCUT2D eigenvalue weighted by atomic mass is 10.2. The van der Waals surface area contributed by atoms with Gasteiger partial charge in [0.15, 0.2) is 0 Å². The van der Waals surface area contributed by atoms with Gasteiger partial charge in [0.25, 0.3) is 0 Å². The van der Waals surface area contributed by atoms with E-state index in [2.05, 4.69) is 21.2 Å². The molecular formula is C11H16BrFN2O. The molecular weight excluding hydrogens is 275 g/mol. The molecule has 0 aromatic heterocycles. The standard InChI is InChI=1S/C11H16BrFN2O/c1-2-3-7(16)6-15-11-4-8(12)9(13)5-10(11)14/h4-5,7,15-16H,2-3,6,14H2,1H3. The number of nitrogens with two attached hydrogens (primary N) is 1. The molecule has 3 nitrogen and oxygen atoms in total. The molecule has 1 aromatic carbocycles. The molecule has 5 heteroatoms. The number of rotatable bonds is 5. The van der Waals surface area contributed by atoms with E-state index in [-0.39, 0.29) is 0 Å². The highest BCUT2D eigenvalue weighted by molar-refractivity contribution is 9.10. The SMILES string of the molecule is CCCC(O)CNc1cc(Br)c(F)cc1N. The number of aliphatic hydroxyl groups is 1. The summed E-state index contributed by atoms with van der Waals surface area (Å²) in [6.07, 6.45) is 1.24. The van der Waals surface area contributed by atoms with Crippen molar-refractivity contribution in [3.05, 3.63) is 22.4 Å². The van der Waals surface area contributed by atoms with Crippen LogP contribution in [0.1, 0.15) is 19.8 Å². The quantitative estimate of drug-likeness (QED) is 0.731. The van der Waals surface area contributed by atoms with Crippen LogP contribution in [0.3, 0.4) is 0 Å². The lowest BCUT2D eigenvalue weighted by Crippen LogP contribution is -2.19. The van der Waals surface area contributed by atoms with Crippen LogP contribution in [0.4, 0.5) is 15.8 Å². The maximum Gasteiger partial charge on any atom is 0.139 e. The van der Waals surface area contributed by atoms with Gasteiger partial charge in [0.2, 0.25) is 0 Å². The Morgan fingerprint density at radius 3 is 2.88 bits per heavy atom. The van der Waals surface area contributed by atoms with Gasteiger partial charge in [0.05, 0.1) is 22.0 Å². The van der Waals surface area contributed by atoms with Crippen molar-refractivity contribution in [3.63, 3.8) is 0 Å². The average Bonchev–Trinajstić information content (AvgIpc) is 2.22. The van der Waals surface area contributed by atoms with E-state index in [0.29, 0.717) is 22.4 Å². The average molecular weight is 291 g/mol. The van der Waals surface area contributed by atoms with Crippen molar-refractivity contribution in [2.75, 3.05) is 17.6 Å². The van der Waals surface area contributed by atoms with Crippen LogP contribution in [-0.4, -0.2) is 17.8 Å². The molecule has 0 radical (unpaired) electrons. The van der Waals surface area contributed by atoms with Crippen LogP contribution >= 0.6 is 15.9 Å².